The zero-order valence-corrected chi connectivity index (χ0v) is 22.2. The average Bonchev–Trinajstić information content (AvgIpc) is 3.72. The lowest BCUT2D eigenvalue weighted by Gasteiger charge is -2.15. The molecule has 5 aromatic rings. The largest absolute Gasteiger partial charge is 0.492 e. The van der Waals surface area contributed by atoms with Crippen molar-refractivity contribution in [3.05, 3.63) is 66.2 Å². The average molecular weight is 537 g/mol. The van der Waals surface area contributed by atoms with Crippen LogP contribution in [0.4, 0.5) is 4.39 Å². The summed E-state index contributed by atoms with van der Waals surface area (Å²) in [6.07, 6.45) is 5.51. The van der Waals surface area contributed by atoms with E-state index in [9.17, 15) is 4.39 Å². The third-order valence-electron chi connectivity index (χ3n) is 7.02. The van der Waals surface area contributed by atoms with Crippen molar-refractivity contribution < 1.29 is 9.13 Å². The lowest BCUT2D eigenvalue weighted by Crippen LogP contribution is -2.25. The fourth-order valence-corrected chi connectivity index (χ4v) is 5.02. The molecule has 0 amide bonds. The van der Waals surface area contributed by atoms with Crippen LogP contribution in [0.1, 0.15) is 25.5 Å². The minimum absolute atomic E-state index is 0.354. The number of aromatic amines is 2. The van der Waals surface area contributed by atoms with E-state index in [4.69, 9.17) is 14.7 Å². The third kappa shape index (κ3) is 5.26. The van der Waals surface area contributed by atoms with Gasteiger partial charge in [0, 0.05) is 24.4 Å². The predicted molar refractivity (Wildman–Crippen MR) is 157 cm³/mol. The van der Waals surface area contributed by atoms with Crippen molar-refractivity contribution in [1.29, 1.82) is 0 Å². The van der Waals surface area contributed by atoms with Gasteiger partial charge in [-0.1, -0.05) is 12.1 Å². The molecule has 0 saturated carbocycles. The number of benzene rings is 2. The maximum Gasteiger partial charge on any atom is 0.161 e. The van der Waals surface area contributed by atoms with Crippen molar-refractivity contribution in [3.63, 3.8) is 0 Å². The maximum absolute atomic E-state index is 14.7. The zero-order valence-electron chi connectivity index (χ0n) is 22.2. The van der Waals surface area contributed by atoms with E-state index in [-0.39, 0.29) is 5.82 Å². The molecule has 1 aliphatic rings. The Labute approximate surface area is 230 Å². The number of ether oxygens (including phenoxy) is 1. The first-order chi connectivity index (χ1) is 19.6. The second-order valence-electron chi connectivity index (χ2n) is 9.78. The minimum Gasteiger partial charge on any atom is -0.492 e. The molecule has 1 aliphatic heterocycles. The zero-order chi connectivity index (χ0) is 27.5. The van der Waals surface area contributed by atoms with E-state index >= 15 is 0 Å². The molecule has 10 heteroatoms. The first-order valence-electron chi connectivity index (χ1n) is 13.2. The van der Waals surface area contributed by atoms with E-state index in [0.717, 1.165) is 47.5 Å². The highest BCUT2D eigenvalue weighted by Gasteiger charge is 2.18. The lowest BCUT2D eigenvalue weighted by molar-refractivity contribution is 0.237. The van der Waals surface area contributed by atoms with Gasteiger partial charge in [0.2, 0.25) is 0 Å². The Morgan fingerprint density at radius 1 is 1.10 bits per heavy atom. The van der Waals surface area contributed by atoms with Gasteiger partial charge in [-0.05, 0) is 81.0 Å². The van der Waals surface area contributed by atoms with Crippen molar-refractivity contribution in [1.82, 2.24) is 30.0 Å². The Bertz CT molecular complexity index is 1750. The molecular weight excluding hydrogens is 507 g/mol. The van der Waals surface area contributed by atoms with Gasteiger partial charge in [-0.15, -0.1) is 0 Å². The van der Waals surface area contributed by atoms with Crippen LogP contribution >= 0.6 is 0 Å². The van der Waals surface area contributed by atoms with E-state index in [1.165, 1.54) is 31.3 Å². The number of H-pyrrole nitrogens is 2. The summed E-state index contributed by atoms with van der Waals surface area (Å²) in [6.45, 7) is 8.87. The third-order valence-corrected chi connectivity index (χ3v) is 7.02. The molecule has 0 aliphatic carbocycles. The number of halogens is 1. The number of hydrogen-bond acceptors (Lipinski definition) is 6. The van der Waals surface area contributed by atoms with Crippen LogP contribution in [0.2, 0.25) is 0 Å². The summed E-state index contributed by atoms with van der Waals surface area (Å²) >= 11 is 0. The molecule has 0 bridgehead atoms. The quantitative estimate of drug-likeness (QED) is 0.181. The van der Waals surface area contributed by atoms with E-state index in [1.54, 1.807) is 6.20 Å². The highest BCUT2D eigenvalue weighted by atomic mass is 19.1. The van der Waals surface area contributed by atoms with Crippen LogP contribution in [-0.2, 0) is 0 Å². The fraction of sp³-hybridized carbons (Fsp3) is 0.233. The SMILES string of the molecule is C=N/C=N\C=C(/C)c1ccc2[nH]nc(-c3nc4c(-c5cc(F)cc(OCCN6CCCC6)c5)cccc4[nH]3)c2n1. The normalized spacial score (nSPS) is 14.6. The summed E-state index contributed by atoms with van der Waals surface area (Å²) in [5.74, 6) is 0.717. The molecule has 2 aromatic carbocycles. The standard InChI is InChI=1S/C30H29FN8O/c1-19(17-33-18-32-2)24-8-9-26-28(34-24)29(38-37-26)30-35-25-7-5-6-23(27(25)36-30)20-14-21(31)16-22(15-20)40-13-12-39-10-3-4-11-39/h5-9,14-18H,2-4,10-13H2,1H3,(H,35,36)(H,37,38)/b19-17+,33-18-. The first kappa shape index (κ1) is 25.6. The van der Waals surface area contributed by atoms with Gasteiger partial charge < -0.3 is 9.72 Å². The molecule has 0 radical (unpaired) electrons. The molecule has 1 fully saturated rings. The monoisotopic (exact) mass is 536 g/mol. The molecular formula is C30H29FN8O. The van der Waals surface area contributed by atoms with E-state index in [0.29, 0.717) is 40.5 Å². The van der Waals surface area contributed by atoms with Crippen LogP contribution in [0, 0.1) is 5.82 Å². The molecule has 40 heavy (non-hydrogen) atoms. The van der Waals surface area contributed by atoms with Crippen LogP contribution in [0.3, 0.4) is 0 Å². The lowest BCUT2D eigenvalue weighted by atomic mass is 10.0. The van der Waals surface area contributed by atoms with Crippen molar-refractivity contribution in [2.75, 3.05) is 26.2 Å². The first-order valence-corrected chi connectivity index (χ1v) is 13.2. The molecule has 6 rings (SSSR count). The van der Waals surface area contributed by atoms with Crippen LogP contribution < -0.4 is 4.74 Å². The number of nitrogens with zero attached hydrogens (tertiary/aromatic N) is 6. The smallest absolute Gasteiger partial charge is 0.161 e. The van der Waals surface area contributed by atoms with Gasteiger partial charge >= 0.3 is 0 Å². The maximum atomic E-state index is 14.7. The molecule has 2 N–H and O–H groups in total. The highest BCUT2D eigenvalue weighted by Crippen LogP contribution is 2.33. The van der Waals surface area contributed by atoms with Crippen molar-refractivity contribution in [3.8, 4) is 28.4 Å². The van der Waals surface area contributed by atoms with Crippen LogP contribution in [0.25, 0.3) is 50.3 Å². The number of rotatable bonds is 9. The van der Waals surface area contributed by atoms with Gasteiger partial charge in [-0.2, -0.15) is 5.10 Å². The number of hydrogen-bond donors (Lipinski definition) is 2. The van der Waals surface area contributed by atoms with Gasteiger partial charge in [-0.3, -0.25) is 15.0 Å². The summed E-state index contributed by atoms with van der Waals surface area (Å²) in [4.78, 5) is 23.1. The van der Waals surface area contributed by atoms with Gasteiger partial charge in [0.25, 0.3) is 0 Å². The number of nitrogens with one attached hydrogen (secondary N) is 2. The Morgan fingerprint density at radius 2 is 1.98 bits per heavy atom. The van der Waals surface area contributed by atoms with Crippen molar-refractivity contribution >= 4 is 40.7 Å². The number of pyridine rings is 1. The molecule has 3 aromatic heterocycles. The number of aromatic nitrogens is 5. The highest BCUT2D eigenvalue weighted by molar-refractivity contribution is 5.96. The Balaban J connectivity index is 1.33. The molecule has 0 atom stereocenters. The molecule has 0 unspecified atom stereocenters. The molecule has 9 nitrogen and oxygen atoms in total. The number of aliphatic imine (C=N–C) groups is 2. The van der Waals surface area contributed by atoms with Crippen LogP contribution in [0.5, 0.6) is 5.75 Å². The summed E-state index contributed by atoms with van der Waals surface area (Å²) in [5.41, 5.74) is 6.68. The van der Waals surface area contributed by atoms with Gasteiger partial charge in [0.1, 0.15) is 30.0 Å². The number of allylic oxidation sites excluding steroid dienone is 1. The van der Waals surface area contributed by atoms with Crippen LogP contribution in [-0.4, -0.2) is 69.3 Å². The fourth-order valence-electron chi connectivity index (χ4n) is 5.02. The van der Waals surface area contributed by atoms with Gasteiger partial charge in [0.05, 0.1) is 22.2 Å². The number of fused-ring (bicyclic) bond motifs is 2. The summed E-state index contributed by atoms with van der Waals surface area (Å²) in [7, 11) is 0. The van der Waals surface area contributed by atoms with Gasteiger partial charge in [0.15, 0.2) is 11.5 Å². The minimum atomic E-state index is -0.354. The number of likely N-dealkylation sites (tertiary alicyclic amines) is 1. The number of para-hydroxylation sites is 1. The molecule has 4 heterocycles. The molecule has 1 saturated heterocycles. The summed E-state index contributed by atoms with van der Waals surface area (Å²) < 4.78 is 20.6. The van der Waals surface area contributed by atoms with Crippen LogP contribution in [0.15, 0.2) is 64.7 Å². The summed E-state index contributed by atoms with van der Waals surface area (Å²) in [6, 6.07) is 14.4. The summed E-state index contributed by atoms with van der Waals surface area (Å²) in [5, 5.41) is 7.53. The molecule has 0 spiro atoms. The molecule has 202 valence electrons. The van der Waals surface area contributed by atoms with Gasteiger partial charge in [-0.25, -0.2) is 19.4 Å². The number of imidazole rings is 1. The van der Waals surface area contributed by atoms with Crippen molar-refractivity contribution in [2.24, 2.45) is 9.98 Å². The van der Waals surface area contributed by atoms with E-state index < -0.39 is 0 Å². The topological polar surface area (TPSA) is 107 Å². The van der Waals surface area contributed by atoms with Crippen molar-refractivity contribution in [2.45, 2.75) is 19.8 Å². The Hall–Kier alpha value is -4.70. The predicted octanol–water partition coefficient (Wildman–Crippen LogP) is 5.87. The van der Waals surface area contributed by atoms with E-state index in [2.05, 4.69) is 36.8 Å². The van der Waals surface area contributed by atoms with E-state index in [1.807, 2.05) is 43.3 Å². The Kier molecular flexibility index (Phi) is 7.15. The second kappa shape index (κ2) is 11.2. The second-order valence-corrected chi connectivity index (χ2v) is 9.78. The Morgan fingerprint density at radius 3 is 2.83 bits per heavy atom.